The number of hydrogen-bond donors (Lipinski definition) is 4. The molecule has 0 saturated heterocycles. The standard InChI is InChI=1S/2C4H7N5O/c1-2-7-3(5)8-9(2)4(6)10;1-2-7-3(5)9(8-2)4(6)10/h1H3,(H2,5,8)(H2,6,10);1H3,(H2,6,10)(H2,5,7,8). The van der Waals surface area contributed by atoms with E-state index in [1.165, 1.54) is 0 Å². The second kappa shape index (κ2) is 5.64. The average Bonchev–Trinajstić information content (AvgIpc) is 2.82. The van der Waals surface area contributed by atoms with Crippen molar-refractivity contribution in [3.05, 3.63) is 11.6 Å². The van der Waals surface area contributed by atoms with Crippen molar-refractivity contribution in [3.63, 3.8) is 0 Å². The van der Waals surface area contributed by atoms with E-state index in [9.17, 15) is 9.59 Å². The second-order valence-electron chi connectivity index (χ2n) is 3.53. The first-order chi connectivity index (χ1) is 9.22. The Kier molecular flexibility index (Phi) is 4.20. The van der Waals surface area contributed by atoms with E-state index in [4.69, 9.17) is 22.9 Å². The van der Waals surface area contributed by atoms with Crippen LogP contribution in [-0.4, -0.2) is 41.6 Å². The molecule has 2 aromatic heterocycles. The van der Waals surface area contributed by atoms with E-state index in [1.807, 2.05) is 0 Å². The molecule has 2 heterocycles. The number of amides is 2. The zero-order valence-electron chi connectivity index (χ0n) is 10.8. The maximum absolute atomic E-state index is 10.5. The monoisotopic (exact) mass is 282 g/mol. The molecule has 0 fully saturated rings. The fourth-order valence-electron chi connectivity index (χ4n) is 1.21. The molecule has 0 unspecified atom stereocenters. The number of aromatic nitrogens is 6. The highest BCUT2D eigenvalue weighted by Crippen LogP contribution is 1.96. The minimum Gasteiger partial charge on any atom is -0.368 e. The van der Waals surface area contributed by atoms with Gasteiger partial charge >= 0.3 is 12.1 Å². The lowest BCUT2D eigenvalue weighted by Crippen LogP contribution is -2.22. The molecule has 12 heteroatoms. The van der Waals surface area contributed by atoms with Gasteiger partial charge in [-0.1, -0.05) is 0 Å². The molecule has 12 nitrogen and oxygen atoms in total. The van der Waals surface area contributed by atoms with Crippen LogP contribution < -0.4 is 22.9 Å². The number of nitrogen functional groups attached to an aromatic ring is 2. The summed E-state index contributed by atoms with van der Waals surface area (Å²) in [5, 5.41) is 7.13. The third kappa shape index (κ3) is 3.41. The predicted octanol–water partition coefficient (Wildman–Crippen LogP) is -1.81. The van der Waals surface area contributed by atoms with Gasteiger partial charge in [0.05, 0.1) is 0 Å². The van der Waals surface area contributed by atoms with E-state index in [0.717, 1.165) is 9.36 Å². The molecule has 0 saturated carbocycles. The number of rotatable bonds is 0. The number of nitrogens with two attached hydrogens (primary N) is 4. The van der Waals surface area contributed by atoms with Crippen molar-refractivity contribution in [2.24, 2.45) is 11.5 Å². The Bertz CT molecular complexity index is 585. The van der Waals surface area contributed by atoms with Gasteiger partial charge < -0.3 is 22.9 Å². The number of anilines is 2. The van der Waals surface area contributed by atoms with Crippen LogP contribution in [0, 0.1) is 13.8 Å². The van der Waals surface area contributed by atoms with Gasteiger partial charge in [0.25, 0.3) is 0 Å². The zero-order chi connectivity index (χ0) is 15.4. The first kappa shape index (κ1) is 14.9. The van der Waals surface area contributed by atoms with Crippen molar-refractivity contribution in [2.45, 2.75) is 13.8 Å². The maximum Gasteiger partial charge on any atom is 0.342 e. The normalized spacial score (nSPS) is 9.70. The van der Waals surface area contributed by atoms with E-state index in [2.05, 4.69) is 20.2 Å². The highest BCUT2D eigenvalue weighted by atomic mass is 16.2. The number of aryl methyl sites for hydroxylation is 2. The van der Waals surface area contributed by atoms with Gasteiger partial charge in [-0.15, -0.1) is 14.9 Å². The van der Waals surface area contributed by atoms with Crippen molar-refractivity contribution >= 4 is 24.0 Å². The van der Waals surface area contributed by atoms with Gasteiger partial charge in [0.15, 0.2) is 0 Å². The van der Waals surface area contributed by atoms with Crippen LogP contribution in [-0.2, 0) is 0 Å². The van der Waals surface area contributed by atoms with Crippen LogP contribution in [0.2, 0.25) is 0 Å². The summed E-state index contributed by atoms with van der Waals surface area (Å²) in [4.78, 5) is 28.2. The Labute approximate surface area is 112 Å². The number of carbonyl (C=O) groups is 2. The van der Waals surface area contributed by atoms with Crippen LogP contribution in [0.5, 0.6) is 0 Å². The Morgan fingerprint density at radius 3 is 1.70 bits per heavy atom. The third-order valence-electron chi connectivity index (χ3n) is 1.94. The van der Waals surface area contributed by atoms with Crippen molar-refractivity contribution in [1.82, 2.24) is 29.5 Å². The predicted molar refractivity (Wildman–Crippen MR) is 68.3 cm³/mol. The Morgan fingerprint density at radius 1 is 0.950 bits per heavy atom. The van der Waals surface area contributed by atoms with E-state index >= 15 is 0 Å². The molecule has 20 heavy (non-hydrogen) atoms. The van der Waals surface area contributed by atoms with Crippen molar-refractivity contribution in [3.8, 4) is 0 Å². The minimum absolute atomic E-state index is 0.0185. The number of carbonyl (C=O) groups excluding carboxylic acids is 2. The largest absolute Gasteiger partial charge is 0.368 e. The van der Waals surface area contributed by atoms with E-state index in [-0.39, 0.29) is 11.9 Å². The van der Waals surface area contributed by atoms with Gasteiger partial charge in [-0.05, 0) is 13.8 Å². The molecule has 2 rings (SSSR count). The van der Waals surface area contributed by atoms with Crippen molar-refractivity contribution in [1.29, 1.82) is 0 Å². The third-order valence-corrected chi connectivity index (χ3v) is 1.94. The van der Waals surface area contributed by atoms with Crippen LogP contribution in [0.25, 0.3) is 0 Å². The summed E-state index contributed by atoms with van der Waals surface area (Å²) >= 11 is 0. The lowest BCUT2D eigenvalue weighted by atomic mass is 10.7. The van der Waals surface area contributed by atoms with Crippen LogP contribution >= 0.6 is 0 Å². The smallest absolute Gasteiger partial charge is 0.342 e. The van der Waals surface area contributed by atoms with Crippen LogP contribution in [0.15, 0.2) is 0 Å². The highest BCUT2D eigenvalue weighted by molar-refractivity contribution is 5.76. The van der Waals surface area contributed by atoms with Gasteiger partial charge in [0, 0.05) is 0 Å². The zero-order valence-corrected chi connectivity index (χ0v) is 10.8. The topological polar surface area (TPSA) is 200 Å². The molecule has 2 amide bonds. The molecule has 2 aromatic rings. The summed E-state index contributed by atoms with van der Waals surface area (Å²) < 4.78 is 1.78. The molecule has 108 valence electrons. The number of primary amides is 2. The second-order valence-corrected chi connectivity index (χ2v) is 3.53. The molecule has 0 spiro atoms. The maximum atomic E-state index is 10.5. The molecule has 0 radical (unpaired) electrons. The van der Waals surface area contributed by atoms with E-state index < -0.39 is 12.1 Å². The van der Waals surface area contributed by atoms with Gasteiger partial charge in [0.2, 0.25) is 11.9 Å². The van der Waals surface area contributed by atoms with Crippen LogP contribution in [0.3, 0.4) is 0 Å². The molecule has 8 N–H and O–H groups in total. The summed E-state index contributed by atoms with van der Waals surface area (Å²) in [6, 6.07) is -1.40. The summed E-state index contributed by atoms with van der Waals surface area (Å²) in [5.74, 6) is 0.891. The van der Waals surface area contributed by atoms with Gasteiger partial charge in [-0.25, -0.2) is 9.59 Å². The van der Waals surface area contributed by atoms with Crippen LogP contribution in [0.4, 0.5) is 21.5 Å². The summed E-state index contributed by atoms with van der Waals surface area (Å²) in [6.45, 7) is 3.21. The lowest BCUT2D eigenvalue weighted by molar-refractivity contribution is 0.246. The summed E-state index contributed by atoms with van der Waals surface area (Å²) in [5.41, 5.74) is 20.2. The fourth-order valence-corrected chi connectivity index (χ4v) is 1.21. The molecule has 0 aromatic carbocycles. The van der Waals surface area contributed by atoms with E-state index in [1.54, 1.807) is 13.8 Å². The molecular weight excluding hydrogens is 268 g/mol. The van der Waals surface area contributed by atoms with Crippen molar-refractivity contribution in [2.75, 3.05) is 11.5 Å². The van der Waals surface area contributed by atoms with Gasteiger partial charge in [0.1, 0.15) is 11.6 Å². The summed E-state index contributed by atoms with van der Waals surface area (Å²) in [6.07, 6.45) is 0. The first-order valence-corrected chi connectivity index (χ1v) is 5.20. The number of hydrogen-bond acceptors (Lipinski definition) is 8. The van der Waals surface area contributed by atoms with Crippen molar-refractivity contribution < 1.29 is 9.59 Å². The minimum atomic E-state index is -0.724. The Morgan fingerprint density at radius 2 is 1.50 bits per heavy atom. The molecule has 0 aliphatic rings. The molecule has 0 aliphatic heterocycles. The molecule has 0 atom stereocenters. The first-order valence-electron chi connectivity index (χ1n) is 5.20. The molecule has 0 bridgehead atoms. The lowest BCUT2D eigenvalue weighted by Gasteiger charge is -1.91. The highest BCUT2D eigenvalue weighted by Gasteiger charge is 2.06. The quantitative estimate of drug-likeness (QED) is 0.432. The van der Waals surface area contributed by atoms with Gasteiger partial charge in [-0.3, -0.25) is 0 Å². The van der Waals surface area contributed by atoms with E-state index in [0.29, 0.717) is 11.6 Å². The SMILES string of the molecule is Cc1nc(N)n(C(N)=O)n1.Cc1nc(N)nn1C(N)=O. The van der Waals surface area contributed by atoms with Crippen LogP contribution in [0.1, 0.15) is 11.6 Å². The average molecular weight is 282 g/mol. The Hall–Kier alpha value is -3.18. The Balaban J connectivity index is 0.000000200. The number of nitrogens with zero attached hydrogens (tertiary/aromatic N) is 6. The van der Waals surface area contributed by atoms with Gasteiger partial charge in [-0.2, -0.15) is 14.6 Å². The molecular formula is C8H14N10O2. The fraction of sp³-hybridized carbons (Fsp3) is 0.250. The molecule has 0 aliphatic carbocycles. The summed E-state index contributed by atoms with van der Waals surface area (Å²) in [7, 11) is 0.